The van der Waals surface area contributed by atoms with Gasteiger partial charge < -0.3 is 15.2 Å². The summed E-state index contributed by atoms with van der Waals surface area (Å²) < 4.78 is 5.28. The molecule has 0 saturated carbocycles. The molecule has 1 rings (SSSR count). The lowest BCUT2D eigenvalue weighted by atomic mass is 10.2. The van der Waals surface area contributed by atoms with E-state index in [4.69, 9.17) is 9.84 Å². The average molecular weight is 243 g/mol. The molecule has 1 saturated heterocycles. The van der Waals surface area contributed by atoms with Crippen LogP contribution in [0, 0.1) is 0 Å². The number of rotatable bonds is 7. The van der Waals surface area contributed by atoms with Crippen molar-refractivity contribution >= 4 is 11.9 Å². The van der Waals surface area contributed by atoms with Crippen molar-refractivity contribution in [2.45, 2.75) is 57.7 Å². The van der Waals surface area contributed by atoms with E-state index in [0.717, 1.165) is 19.3 Å². The highest BCUT2D eigenvalue weighted by Gasteiger charge is 2.30. The molecule has 1 heterocycles. The Morgan fingerprint density at radius 2 is 2.12 bits per heavy atom. The molecule has 0 aromatic carbocycles. The van der Waals surface area contributed by atoms with Crippen molar-refractivity contribution in [3.05, 3.63) is 0 Å². The van der Waals surface area contributed by atoms with E-state index in [1.165, 1.54) is 0 Å². The van der Waals surface area contributed by atoms with E-state index >= 15 is 0 Å². The zero-order valence-electron chi connectivity index (χ0n) is 10.3. The number of unbranched alkanes of at least 4 members (excludes halogenated alkanes) is 2. The summed E-state index contributed by atoms with van der Waals surface area (Å²) in [6, 6.07) is 0. The molecule has 5 nitrogen and oxygen atoms in total. The lowest BCUT2D eigenvalue weighted by Crippen LogP contribution is -2.32. The number of nitrogens with one attached hydrogen (secondary N) is 1. The standard InChI is InChI=1S/C12H21NO4/c1-2-3-4-5-11(14)13-8-9-6-7-10(17-9)12(15)16/h9-10H,2-8H2,1H3,(H,13,14)(H,15,16). The van der Waals surface area contributed by atoms with Crippen LogP contribution in [0.1, 0.15) is 45.4 Å². The van der Waals surface area contributed by atoms with Gasteiger partial charge in [-0.25, -0.2) is 4.79 Å². The van der Waals surface area contributed by atoms with Gasteiger partial charge in [-0.1, -0.05) is 19.8 Å². The largest absolute Gasteiger partial charge is 0.479 e. The second-order valence-corrected chi connectivity index (χ2v) is 4.42. The second kappa shape index (κ2) is 7.27. The minimum atomic E-state index is -0.915. The SMILES string of the molecule is CCCCCC(=O)NCC1CCC(C(=O)O)O1. The van der Waals surface area contributed by atoms with Crippen molar-refractivity contribution in [3.8, 4) is 0 Å². The summed E-state index contributed by atoms with van der Waals surface area (Å²) in [5, 5.41) is 11.5. The molecule has 2 N–H and O–H groups in total. The van der Waals surface area contributed by atoms with Gasteiger partial charge in [0, 0.05) is 13.0 Å². The molecule has 98 valence electrons. The molecule has 0 aromatic heterocycles. The van der Waals surface area contributed by atoms with Crippen molar-refractivity contribution < 1.29 is 19.4 Å². The highest BCUT2D eigenvalue weighted by atomic mass is 16.5. The first-order valence-electron chi connectivity index (χ1n) is 6.28. The summed E-state index contributed by atoms with van der Waals surface area (Å²) in [4.78, 5) is 22.1. The first-order valence-corrected chi connectivity index (χ1v) is 6.28. The van der Waals surface area contributed by atoms with E-state index in [1.54, 1.807) is 0 Å². The molecule has 1 aliphatic heterocycles. The zero-order chi connectivity index (χ0) is 12.7. The van der Waals surface area contributed by atoms with E-state index < -0.39 is 12.1 Å². The van der Waals surface area contributed by atoms with Crippen LogP contribution >= 0.6 is 0 Å². The molecule has 0 bridgehead atoms. The fraction of sp³-hybridized carbons (Fsp3) is 0.833. The molecule has 0 radical (unpaired) electrons. The first kappa shape index (κ1) is 14.0. The number of carbonyl (C=O) groups excluding carboxylic acids is 1. The number of amides is 1. The average Bonchev–Trinajstić information content (AvgIpc) is 2.75. The van der Waals surface area contributed by atoms with E-state index in [1.807, 2.05) is 0 Å². The van der Waals surface area contributed by atoms with Gasteiger partial charge in [-0.3, -0.25) is 4.79 Å². The van der Waals surface area contributed by atoms with Gasteiger partial charge in [-0.2, -0.15) is 0 Å². The van der Waals surface area contributed by atoms with Crippen molar-refractivity contribution in [1.29, 1.82) is 0 Å². The molecular formula is C12H21NO4. The van der Waals surface area contributed by atoms with Crippen molar-refractivity contribution in [1.82, 2.24) is 5.32 Å². The molecule has 0 aliphatic carbocycles. The van der Waals surface area contributed by atoms with Crippen molar-refractivity contribution in [2.24, 2.45) is 0 Å². The molecule has 2 unspecified atom stereocenters. The Hall–Kier alpha value is -1.10. The summed E-state index contributed by atoms with van der Waals surface area (Å²) >= 11 is 0. The van der Waals surface area contributed by atoms with Gasteiger partial charge in [0.25, 0.3) is 0 Å². The highest BCUT2D eigenvalue weighted by molar-refractivity contribution is 5.76. The summed E-state index contributed by atoms with van der Waals surface area (Å²) in [5.74, 6) is -0.886. The Bertz CT molecular complexity index is 267. The summed E-state index contributed by atoms with van der Waals surface area (Å²) in [6.45, 7) is 2.52. The number of ether oxygens (including phenoxy) is 1. The molecule has 17 heavy (non-hydrogen) atoms. The Labute approximate surface area is 102 Å². The number of carboxylic acid groups (broad SMARTS) is 1. The third-order valence-corrected chi connectivity index (χ3v) is 2.92. The van der Waals surface area contributed by atoms with Gasteiger partial charge in [-0.15, -0.1) is 0 Å². The van der Waals surface area contributed by atoms with Crippen LogP contribution in [0.2, 0.25) is 0 Å². The Kier molecular flexibility index (Phi) is 5.97. The molecule has 0 aromatic rings. The van der Waals surface area contributed by atoms with E-state index in [2.05, 4.69) is 12.2 Å². The molecule has 2 atom stereocenters. The molecule has 1 amide bonds. The number of hydrogen-bond donors (Lipinski definition) is 2. The smallest absolute Gasteiger partial charge is 0.332 e. The van der Waals surface area contributed by atoms with Gasteiger partial charge in [0.05, 0.1) is 6.10 Å². The number of aliphatic carboxylic acids is 1. The number of hydrogen-bond acceptors (Lipinski definition) is 3. The molecule has 0 spiro atoms. The van der Waals surface area contributed by atoms with E-state index in [9.17, 15) is 9.59 Å². The first-order chi connectivity index (χ1) is 8.13. The van der Waals surface area contributed by atoms with Crippen LogP contribution in [0.3, 0.4) is 0 Å². The van der Waals surface area contributed by atoms with Gasteiger partial charge >= 0.3 is 5.97 Å². The lowest BCUT2D eigenvalue weighted by Gasteiger charge is -2.12. The van der Waals surface area contributed by atoms with Crippen LogP contribution in [0.15, 0.2) is 0 Å². The number of carbonyl (C=O) groups is 2. The third kappa shape index (κ3) is 5.17. The molecule has 1 aliphatic rings. The zero-order valence-corrected chi connectivity index (χ0v) is 10.3. The third-order valence-electron chi connectivity index (χ3n) is 2.92. The Morgan fingerprint density at radius 1 is 1.35 bits per heavy atom. The van der Waals surface area contributed by atoms with E-state index in [-0.39, 0.29) is 12.0 Å². The fourth-order valence-electron chi connectivity index (χ4n) is 1.89. The second-order valence-electron chi connectivity index (χ2n) is 4.42. The predicted octanol–water partition coefficient (Wildman–Crippen LogP) is 1.32. The van der Waals surface area contributed by atoms with E-state index in [0.29, 0.717) is 25.8 Å². The topological polar surface area (TPSA) is 75.6 Å². The maximum atomic E-state index is 11.4. The van der Waals surface area contributed by atoms with Crippen LogP contribution in [0.4, 0.5) is 0 Å². The summed E-state index contributed by atoms with van der Waals surface area (Å²) in [5.41, 5.74) is 0. The minimum Gasteiger partial charge on any atom is -0.479 e. The van der Waals surface area contributed by atoms with Crippen LogP contribution < -0.4 is 5.32 Å². The van der Waals surface area contributed by atoms with Crippen LogP contribution in [-0.2, 0) is 14.3 Å². The van der Waals surface area contributed by atoms with Crippen molar-refractivity contribution in [2.75, 3.05) is 6.54 Å². The fourth-order valence-corrected chi connectivity index (χ4v) is 1.89. The Balaban J connectivity index is 2.11. The molecule has 5 heteroatoms. The maximum absolute atomic E-state index is 11.4. The molecular weight excluding hydrogens is 222 g/mol. The number of carboxylic acids is 1. The van der Waals surface area contributed by atoms with Gasteiger partial charge in [-0.05, 0) is 19.3 Å². The normalized spacial score (nSPS) is 23.6. The summed E-state index contributed by atoms with van der Waals surface area (Å²) in [7, 11) is 0. The quantitative estimate of drug-likeness (QED) is 0.661. The Morgan fingerprint density at radius 3 is 2.71 bits per heavy atom. The summed E-state index contributed by atoms with van der Waals surface area (Å²) in [6.07, 6.45) is 4.00. The van der Waals surface area contributed by atoms with Crippen LogP contribution in [0.5, 0.6) is 0 Å². The lowest BCUT2D eigenvalue weighted by molar-refractivity contribution is -0.149. The predicted molar refractivity (Wildman–Crippen MR) is 62.7 cm³/mol. The van der Waals surface area contributed by atoms with Crippen LogP contribution in [0.25, 0.3) is 0 Å². The maximum Gasteiger partial charge on any atom is 0.332 e. The van der Waals surface area contributed by atoms with Gasteiger partial charge in [0.2, 0.25) is 5.91 Å². The monoisotopic (exact) mass is 243 g/mol. The molecule has 1 fully saturated rings. The highest BCUT2D eigenvalue weighted by Crippen LogP contribution is 2.19. The minimum absolute atomic E-state index is 0.0285. The van der Waals surface area contributed by atoms with Crippen molar-refractivity contribution in [3.63, 3.8) is 0 Å². The van der Waals surface area contributed by atoms with Crippen LogP contribution in [-0.4, -0.2) is 35.7 Å². The van der Waals surface area contributed by atoms with Gasteiger partial charge in [0.1, 0.15) is 0 Å². The van der Waals surface area contributed by atoms with Gasteiger partial charge in [0.15, 0.2) is 6.10 Å².